The first-order valence-corrected chi connectivity index (χ1v) is 3.68. The van der Waals surface area contributed by atoms with Crippen LogP contribution in [-0.2, 0) is 6.42 Å². The topological polar surface area (TPSA) is 25.8 Å². The second-order valence-electron chi connectivity index (χ2n) is 2.14. The molecule has 1 rings (SSSR count). The highest BCUT2D eigenvalue weighted by atomic mass is 35.5. The molecular weight excluding hydrogens is 148 g/mol. The largest absolute Gasteiger partial charge is 0.157 e. The molecule has 0 aliphatic heterocycles. The fraction of sp³-hybridized carbons (Fsp3) is 0.429. The molecule has 1 aromatic rings. The summed E-state index contributed by atoms with van der Waals surface area (Å²) in [6, 6.07) is 1.85. The summed E-state index contributed by atoms with van der Waals surface area (Å²) in [6.45, 7) is 2.12. The molecule has 0 bridgehead atoms. The van der Waals surface area contributed by atoms with Gasteiger partial charge in [0.25, 0.3) is 0 Å². The molecule has 2 nitrogen and oxygen atoms in total. The van der Waals surface area contributed by atoms with Gasteiger partial charge in [0.2, 0.25) is 0 Å². The lowest BCUT2D eigenvalue weighted by Gasteiger charge is -1.94. The maximum atomic E-state index is 5.61. The third-order valence-corrected chi connectivity index (χ3v) is 1.40. The van der Waals surface area contributed by atoms with Gasteiger partial charge in [-0.2, -0.15) is 5.10 Å². The third-order valence-electron chi connectivity index (χ3n) is 1.22. The van der Waals surface area contributed by atoms with Crippen LogP contribution in [0.2, 0.25) is 5.15 Å². The highest BCUT2D eigenvalue weighted by Crippen LogP contribution is 2.06. The van der Waals surface area contributed by atoms with Crippen LogP contribution in [-0.4, -0.2) is 10.2 Å². The van der Waals surface area contributed by atoms with Crippen molar-refractivity contribution in [2.24, 2.45) is 0 Å². The van der Waals surface area contributed by atoms with Crippen LogP contribution in [0.1, 0.15) is 18.9 Å². The van der Waals surface area contributed by atoms with Crippen molar-refractivity contribution >= 4 is 11.6 Å². The molecule has 0 unspecified atom stereocenters. The summed E-state index contributed by atoms with van der Waals surface area (Å²) in [7, 11) is 0. The van der Waals surface area contributed by atoms with Gasteiger partial charge in [0.1, 0.15) is 0 Å². The van der Waals surface area contributed by atoms with Crippen molar-refractivity contribution < 1.29 is 0 Å². The van der Waals surface area contributed by atoms with Crippen molar-refractivity contribution in [1.82, 2.24) is 10.2 Å². The van der Waals surface area contributed by atoms with Gasteiger partial charge in [-0.25, -0.2) is 0 Å². The van der Waals surface area contributed by atoms with Crippen molar-refractivity contribution in [2.75, 3.05) is 0 Å². The van der Waals surface area contributed by atoms with E-state index >= 15 is 0 Å². The Morgan fingerprint density at radius 2 is 2.40 bits per heavy atom. The Balaban J connectivity index is 2.75. The average molecular weight is 157 g/mol. The number of nitrogens with zero attached hydrogens (tertiary/aromatic N) is 2. The molecule has 1 heterocycles. The number of halogens is 1. The smallest absolute Gasteiger partial charge is 0.151 e. The summed E-state index contributed by atoms with van der Waals surface area (Å²) in [6.07, 6.45) is 3.88. The molecule has 3 heteroatoms. The Kier molecular flexibility index (Phi) is 2.63. The van der Waals surface area contributed by atoms with Gasteiger partial charge in [0.05, 0.1) is 6.20 Å². The van der Waals surface area contributed by atoms with Crippen LogP contribution in [0.4, 0.5) is 0 Å². The Labute approximate surface area is 65.2 Å². The minimum Gasteiger partial charge on any atom is -0.157 e. The van der Waals surface area contributed by atoms with Gasteiger partial charge >= 0.3 is 0 Å². The molecule has 0 atom stereocenters. The van der Waals surface area contributed by atoms with Gasteiger partial charge < -0.3 is 0 Å². The van der Waals surface area contributed by atoms with Crippen molar-refractivity contribution in [2.45, 2.75) is 19.8 Å². The molecule has 1 aromatic heterocycles. The highest BCUT2D eigenvalue weighted by Gasteiger charge is 1.92. The molecule has 54 valence electrons. The van der Waals surface area contributed by atoms with Crippen molar-refractivity contribution in [3.05, 3.63) is 23.0 Å². The molecule has 0 saturated heterocycles. The van der Waals surface area contributed by atoms with E-state index in [1.165, 1.54) is 0 Å². The van der Waals surface area contributed by atoms with Crippen LogP contribution in [0.25, 0.3) is 0 Å². The minimum atomic E-state index is 0.478. The molecule has 0 aliphatic rings. The van der Waals surface area contributed by atoms with E-state index in [0.29, 0.717) is 5.15 Å². The quantitative estimate of drug-likeness (QED) is 0.655. The van der Waals surface area contributed by atoms with Crippen LogP contribution < -0.4 is 0 Å². The monoisotopic (exact) mass is 156 g/mol. The molecule has 10 heavy (non-hydrogen) atoms. The van der Waals surface area contributed by atoms with Gasteiger partial charge in [-0.15, -0.1) is 5.10 Å². The Morgan fingerprint density at radius 1 is 1.60 bits per heavy atom. The van der Waals surface area contributed by atoms with E-state index in [2.05, 4.69) is 17.1 Å². The second kappa shape index (κ2) is 3.52. The fourth-order valence-electron chi connectivity index (χ4n) is 0.803. The van der Waals surface area contributed by atoms with Crippen molar-refractivity contribution in [1.29, 1.82) is 0 Å². The predicted octanol–water partition coefficient (Wildman–Crippen LogP) is 2.08. The normalized spacial score (nSPS) is 9.80. The molecule has 0 aromatic carbocycles. The molecule has 0 fully saturated rings. The highest BCUT2D eigenvalue weighted by molar-refractivity contribution is 6.29. The molecular formula is C7H9ClN2. The summed E-state index contributed by atoms with van der Waals surface area (Å²) in [5.41, 5.74) is 1.16. The number of hydrogen-bond acceptors (Lipinski definition) is 2. The predicted molar refractivity (Wildman–Crippen MR) is 41.0 cm³/mol. The van der Waals surface area contributed by atoms with E-state index in [-0.39, 0.29) is 0 Å². The zero-order valence-electron chi connectivity index (χ0n) is 5.84. The van der Waals surface area contributed by atoms with E-state index in [1.807, 2.05) is 6.07 Å². The summed E-state index contributed by atoms with van der Waals surface area (Å²) in [5, 5.41) is 7.84. The van der Waals surface area contributed by atoms with Gasteiger partial charge in [-0.1, -0.05) is 24.9 Å². The molecule has 0 N–H and O–H groups in total. The minimum absolute atomic E-state index is 0.478. The number of hydrogen-bond donors (Lipinski definition) is 0. The van der Waals surface area contributed by atoms with E-state index in [0.717, 1.165) is 18.4 Å². The van der Waals surface area contributed by atoms with Crippen LogP contribution in [0.3, 0.4) is 0 Å². The second-order valence-corrected chi connectivity index (χ2v) is 2.52. The van der Waals surface area contributed by atoms with E-state index in [4.69, 9.17) is 11.6 Å². The SMILES string of the molecule is CCCc1cnnc(Cl)c1. The van der Waals surface area contributed by atoms with Crippen LogP contribution >= 0.6 is 11.6 Å². The van der Waals surface area contributed by atoms with Gasteiger partial charge in [-0.05, 0) is 18.1 Å². The lowest BCUT2D eigenvalue weighted by atomic mass is 10.2. The molecule has 0 spiro atoms. The zero-order valence-corrected chi connectivity index (χ0v) is 6.60. The molecule has 0 amide bonds. The maximum absolute atomic E-state index is 5.61. The molecule has 0 saturated carbocycles. The third kappa shape index (κ3) is 1.95. The fourth-order valence-corrected chi connectivity index (χ4v) is 0.986. The summed E-state index contributed by atoms with van der Waals surface area (Å²) >= 11 is 5.61. The standard InChI is InChI=1S/C7H9ClN2/c1-2-3-6-4-7(8)10-9-5-6/h4-5H,2-3H2,1H3. The number of rotatable bonds is 2. The van der Waals surface area contributed by atoms with Gasteiger partial charge in [0, 0.05) is 0 Å². The van der Waals surface area contributed by atoms with Crippen LogP contribution in [0.5, 0.6) is 0 Å². The maximum Gasteiger partial charge on any atom is 0.151 e. The lowest BCUT2D eigenvalue weighted by molar-refractivity contribution is 0.892. The summed E-state index contributed by atoms with van der Waals surface area (Å²) in [5.74, 6) is 0. The van der Waals surface area contributed by atoms with Crippen molar-refractivity contribution in [3.63, 3.8) is 0 Å². The first-order chi connectivity index (χ1) is 4.83. The summed E-state index contributed by atoms with van der Waals surface area (Å²) in [4.78, 5) is 0. The summed E-state index contributed by atoms with van der Waals surface area (Å²) < 4.78 is 0. The zero-order chi connectivity index (χ0) is 7.40. The molecule has 0 radical (unpaired) electrons. The van der Waals surface area contributed by atoms with E-state index in [1.54, 1.807) is 6.20 Å². The Hall–Kier alpha value is -0.630. The van der Waals surface area contributed by atoms with Crippen LogP contribution in [0.15, 0.2) is 12.3 Å². The molecule has 0 aliphatic carbocycles. The van der Waals surface area contributed by atoms with E-state index < -0.39 is 0 Å². The lowest BCUT2D eigenvalue weighted by Crippen LogP contribution is -1.87. The number of aryl methyl sites for hydroxylation is 1. The van der Waals surface area contributed by atoms with Gasteiger partial charge in [0.15, 0.2) is 5.15 Å². The first kappa shape index (κ1) is 7.48. The average Bonchev–Trinajstić information content (AvgIpc) is 1.88. The Bertz CT molecular complexity index is 213. The van der Waals surface area contributed by atoms with Gasteiger partial charge in [-0.3, -0.25) is 0 Å². The first-order valence-electron chi connectivity index (χ1n) is 3.30. The van der Waals surface area contributed by atoms with Crippen molar-refractivity contribution in [3.8, 4) is 0 Å². The van der Waals surface area contributed by atoms with Crippen LogP contribution in [0, 0.1) is 0 Å². The number of aromatic nitrogens is 2. The Morgan fingerprint density at radius 3 is 3.00 bits per heavy atom. The van der Waals surface area contributed by atoms with E-state index in [9.17, 15) is 0 Å².